The third-order valence-electron chi connectivity index (χ3n) is 12.1. The number of benzene rings is 5. The third kappa shape index (κ3) is 18.3. The molecule has 1 aromatic heterocycles. The van der Waals surface area contributed by atoms with Gasteiger partial charge in [-0.1, -0.05) is 123 Å². The molecule has 0 aliphatic heterocycles. The van der Waals surface area contributed by atoms with Crippen molar-refractivity contribution in [2.24, 2.45) is 0 Å². The molecule has 14 nitrogen and oxygen atoms in total. The van der Waals surface area contributed by atoms with Gasteiger partial charge in [0.15, 0.2) is 0 Å². The van der Waals surface area contributed by atoms with Crippen LogP contribution in [0.5, 0.6) is 11.5 Å². The number of rotatable bonds is 24. The van der Waals surface area contributed by atoms with E-state index in [1.54, 1.807) is 47.6 Å². The van der Waals surface area contributed by atoms with Crippen LogP contribution in [-0.2, 0) is 46.4 Å². The predicted molar refractivity (Wildman–Crippen MR) is 279 cm³/mol. The minimum Gasteiger partial charge on any atom is -0.496 e. The van der Waals surface area contributed by atoms with Gasteiger partial charge in [0.05, 0.1) is 35.0 Å². The lowest BCUT2D eigenvalue weighted by atomic mass is 10.1. The maximum absolute atomic E-state index is 13.3. The zero-order valence-electron chi connectivity index (χ0n) is 41.6. The Morgan fingerprint density at radius 1 is 0.471 bits per heavy atom. The Kier molecular flexibility index (Phi) is 23.5. The van der Waals surface area contributed by atoms with Gasteiger partial charge in [-0.05, 0) is 114 Å². The summed E-state index contributed by atoms with van der Waals surface area (Å²) in [6, 6.07) is 36.3. The minimum absolute atomic E-state index is 0.0666. The molecule has 0 spiro atoms. The van der Waals surface area contributed by atoms with E-state index in [-0.39, 0.29) is 9.79 Å². The maximum Gasteiger partial charge on any atom is 0.316 e. The monoisotopic (exact) mass is 1000 g/mol. The van der Waals surface area contributed by atoms with Gasteiger partial charge in [0.1, 0.15) is 11.5 Å². The molecule has 6 aromatic rings. The first-order valence-corrected chi connectivity index (χ1v) is 26.9. The van der Waals surface area contributed by atoms with Gasteiger partial charge in [0.25, 0.3) is 20.2 Å². The number of aromatic nitrogens is 2. The van der Waals surface area contributed by atoms with Crippen LogP contribution in [0.2, 0.25) is 0 Å². The minimum atomic E-state index is -4.02. The fourth-order valence-corrected chi connectivity index (χ4v) is 8.96. The number of para-hydroxylation sites is 4. The van der Waals surface area contributed by atoms with Crippen LogP contribution in [0.25, 0.3) is 11.0 Å². The van der Waals surface area contributed by atoms with Crippen molar-refractivity contribution >= 4 is 31.3 Å². The first-order valence-electron chi connectivity index (χ1n) is 24.0. The molecule has 0 bridgehead atoms. The summed E-state index contributed by atoms with van der Waals surface area (Å²) in [7, 11) is -4.59. The number of fused-ring (bicyclic) bond motifs is 1. The molecule has 1 heterocycles. The van der Waals surface area contributed by atoms with Crippen LogP contribution in [0.3, 0.4) is 0 Å². The molecule has 0 fully saturated rings. The number of methoxy groups -OCH3 is 2. The van der Waals surface area contributed by atoms with E-state index in [1.165, 1.54) is 35.4 Å². The zero-order chi connectivity index (χ0) is 51.1. The Bertz CT molecular complexity index is 2670. The summed E-state index contributed by atoms with van der Waals surface area (Å²) in [6.45, 7) is 15.0. The lowest BCUT2D eigenvalue weighted by Gasteiger charge is -2.21. The van der Waals surface area contributed by atoms with E-state index in [0.717, 1.165) is 124 Å². The summed E-state index contributed by atoms with van der Waals surface area (Å²) < 4.78 is 73.6. The lowest BCUT2D eigenvalue weighted by molar-refractivity contribution is 0.267. The van der Waals surface area contributed by atoms with Crippen molar-refractivity contribution in [2.45, 2.75) is 115 Å². The predicted octanol–water partition coefficient (Wildman–Crippen LogP) is 9.83. The molecule has 0 aliphatic rings. The number of unbranched alkanes of at least 4 members (excludes halogenated alkanes) is 6. The molecule has 0 saturated heterocycles. The van der Waals surface area contributed by atoms with Crippen molar-refractivity contribution in [3.8, 4) is 11.5 Å². The van der Waals surface area contributed by atoms with Crippen molar-refractivity contribution in [1.82, 2.24) is 18.9 Å². The van der Waals surface area contributed by atoms with Crippen molar-refractivity contribution < 1.29 is 35.4 Å². The largest absolute Gasteiger partial charge is 0.496 e. The smallest absolute Gasteiger partial charge is 0.316 e. The standard InChI is InChI=1S/C40H56N4O4.2C7H8O3S/c1-5-41(31-33-21-11-15-25-37(33)47-3)27-17-7-9-19-29-43-35-23-13-14-24-36(35)44(40(46)39(43)45)30-20-10-8-18-28-42(6-2)32-34-22-12-16-26-38(34)48-4;2*1-6-2-4-7(5-3-6)11(8,9)10/h11-16,21-26H,5-10,17-20,27-32H2,1-4H3;2*2-5H,1H3,(H,8,9,10). The zero-order valence-corrected chi connectivity index (χ0v) is 43.3. The number of ether oxygens (including phenoxy) is 2. The van der Waals surface area contributed by atoms with Gasteiger partial charge in [-0.15, -0.1) is 0 Å². The van der Waals surface area contributed by atoms with Crippen LogP contribution in [0.15, 0.2) is 141 Å². The van der Waals surface area contributed by atoms with E-state index < -0.39 is 31.4 Å². The molecule has 0 atom stereocenters. The molecule has 6 rings (SSSR count). The molecular formula is C54H72N4O10S2. The van der Waals surface area contributed by atoms with Crippen molar-refractivity contribution in [3.63, 3.8) is 0 Å². The first kappa shape index (κ1) is 57.0. The lowest BCUT2D eigenvalue weighted by Crippen LogP contribution is -2.41. The Morgan fingerprint density at radius 3 is 1.13 bits per heavy atom. The Labute approximate surface area is 415 Å². The molecule has 0 amide bonds. The van der Waals surface area contributed by atoms with E-state index in [0.29, 0.717) is 13.1 Å². The fraction of sp³-hybridized carbons (Fsp3) is 0.407. The van der Waals surface area contributed by atoms with Crippen LogP contribution >= 0.6 is 0 Å². The number of hydrogen-bond donors (Lipinski definition) is 2. The molecule has 0 unspecified atom stereocenters. The van der Waals surface area contributed by atoms with Gasteiger partial charge >= 0.3 is 11.1 Å². The van der Waals surface area contributed by atoms with E-state index >= 15 is 0 Å². The highest BCUT2D eigenvalue weighted by atomic mass is 32.2. The van der Waals surface area contributed by atoms with Gasteiger partial charge in [-0.2, -0.15) is 16.8 Å². The van der Waals surface area contributed by atoms with E-state index in [2.05, 4.69) is 47.9 Å². The molecule has 70 heavy (non-hydrogen) atoms. The van der Waals surface area contributed by atoms with Crippen LogP contribution in [0.4, 0.5) is 0 Å². The number of hydrogen-bond acceptors (Lipinski definition) is 10. The van der Waals surface area contributed by atoms with Crippen molar-refractivity contribution in [2.75, 3.05) is 40.4 Å². The van der Waals surface area contributed by atoms with Crippen molar-refractivity contribution in [3.05, 3.63) is 164 Å². The van der Waals surface area contributed by atoms with E-state index in [9.17, 15) is 26.4 Å². The van der Waals surface area contributed by atoms with Crippen molar-refractivity contribution in [1.29, 1.82) is 0 Å². The topological polar surface area (TPSA) is 178 Å². The Morgan fingerprint density at radius 2 is 0.800 bits per heavy atom. The van der Waals surface area contributed by atoms with Gasteiger partial charge < -0.3 is 18.6 Å². The summed E-state index contributed by atoms with van der Waals surface area (Å²) in [5, 5.41) is 0. The molecule has 5 aromatic carbocycles. The molecule has 0 radical (unpaired) electrons. The van der Waals surface area contributed by atoms with Crippen LogP contribution in [0, 0.1) is 13.8 Å². The molecule has 16 heteroatoms. The van der Waals surface area contributed by atoms with E-state index in [1.807, 2.05) is 62.4 Å². The molecule has 2 N–H and O–H groups in total. The fourth-order valence-electron chi connectivity index (χ4n) is 8.00. The van der Waals surface area contributed by atoms with Gasteiger partial charge in [0, 0.05) is 37.3 Å². The summed E-state index contributed by atoms with van der Waals surface area (Å²) in [6.07, 6.45) is 8.15. The van der Waals surface area contributed by atoms with Crippen LogP contribution in [0.1, 0.15) is 87.5 Å². The third-order valence-corrected chi connectivity index (χ3v) is 13.8. The van der Waals surface area contributed by atoms with Gasteiger partial charge in [-0.3, -0.25) is 28.5 Å². The average Bonchev–Trinajstić information content (AvgIpc) is 3.35. The average molecular weight is 1000 g/mol. The highest BCUT2D eigenvalue weighted by molar-refractivity contribution is 7.86. The second-order valence-corrected chi connectivity index (χ2v) is 20.0. The van der Waals surface area contributed by atoms with Gasteiger partial charge in [0.2, 0.25) is 0 Å². The molecule has 380 valence electrons. The Hall–Kier alpha value is -5.62. The van der Waals surface area contributed by atoms with Gasteiger partial charge in [-0.25, -0.2) is 0 Å². The highest BCUT2D eigenvalue weighted by Crippen LogP contribution is 2.21. The van der Waals surface area contributed by atoms with Crippen LogP contribution < -0.4 is 20.6 Å². The maximum atomic E-state index is 13.3. The highest BCUT2D eigenvalue weighted by Gasteiger charge is 2.14. The second-order valence-electron chi connectivity index (χ2n) is 17.2. The number of aryl methyl sites for hydroxylation is 4. The van der Waals surface area contributed by atoms with E-state index in [4.69, 9.17) is 18.6 Å². The summed E-state index contributed by atoms with van der Waals surface area (Å²) in [5.41, 5.74) is 5.23. The second kappa shape index (κ2) is 28.9. The molecular weight excluding hydrogens is 929 g/mol. The quantitative estimate of drug-likeness (QED) is 0.0334. The molecule has 0 saturated carbocycles. The summed E-state index contributed by atoms with van der Waals surface area (Å²) in [5.74, 6) is 1.87. The Balaban J connectivity index is 0.000000393. The SMILES string of the molecule is CCN(CCCCCCn1c(=O)c(=O)n(CCCCCCN(CC)Cc2ccccc2OC)c2ccccc21)Cc1ccccc1OC.Cc1ccc(S(=O)(=O)O)cc1.Cc1ccc(S(=O)(=O)O)cc1. The van der Waals surface area contributed by atoms with Crippen LogP contribution in [-0.4, -0.2) is 85.3 Å². The number of nitrogens with zero attached hydrogens (tertiary/aromatic N) is 4. The normalized spacial score (nSPS) is 11.5. The summed E-state index contributed by atoms with van der Waals surface area (Å²) >= 11 is 0. The first-order chi connectivity index (χ1) is 33.5. The molecule has 0 aliphatic carbocycles. The summed E-state index contributed by atoms with van der Waals surface area (Å²) in [4.78, 5) is 31.4.